The number of hydrogen-bond acceptors (Lipinski definition) is 5. The normalized spacial score (nSPS) is 11.9. The number of nitrogens with one attached hydrogen (secondary N) is 1. The van der Waals surface area contributed by atoms with Crippen LogP contribution in [0.5, 0.6) is 5.75 Å². The summed E-state index contributed by atoms with van der Waals surface area (Å²) in [7, 11) is -4.23. The molecule has 0 heterocycles. The lowest BCUT2D eigenvalue weighted by Gasteiger charge is -2.34. The summed E-state index contributed by atoms with van der Waals surface area (Å²) >= 11 is 3.51. The molecule has 8 nitrogen and oxygen atoms in total. The molecule has 4 aromatic carbocycles. The van der Waals surface area contributed by atoms with Gasteiger partial charge in [0.1, 0.15) is 18.3 Å². The van der Waals surface area contributed by atoms with Crippen LogP contribution >= 0.6 is 15.9 Å². The van der Waals surface area contributed by atoms with Gasteiger partial charge in [-0.1, -0.05) is 103 Å². The molecule has 1 N–H and O–H groups in total. The number of halogens is 1. The maximum Gasteiger partial charge on any atom is 0.264 e. The van der Waals surface area contributed by atoms with Crippen molar-refractivity contribution >= 4 is 43.5 Å². The number of ether oxygens (including phenoxy) is 1. The van der Waals surface area contributed by atoms with E-state index in [2.05, 4.69) is 21.2 Å². The van der Waals surface area contributed by atoms with E-state index in [9.17, 15) is 18.0 Å². The molecule has 4 rings (SSSR count). The van der Waals surface area contributed by atoms with E-state index in [0.717, 1.165) is 19.9 Å². The van der Waals surface area contributed by atoms with Crippen molar-refractivity contribution in [2.24, 2.45) is 5.92 Å². The SMILES string of the molecule is CCOc1ccccc1N(CC(=O)N(Cc1cccc(Br)c1)[C@@H](Cc1ccccc1)C(=O)NCC(C)C)S(=O)(=O)c1ccccc1. The van der Waals surface area contributed by atoms with Gasteiger partial charge < -0.3 is 15.0 Å². The number of nitrogens with zero attached hydrogens (tertiary/aromatic N) is 2. The Morgan fingerprint density at radius 1 is 0.848 bits per heavy atom. The molecule has 46 heavy (non-hydrogen) atoms. The first-order valence-corrected chi connectivity index (χ1v) is 17.5. The smallest absolute Gasteiger partial charge is 0.264 e. The Kier molecular flexibility index (Phi) is 12.4. The molecule has 0 radical (unpaired) electrons. The van der Waals surface area contributed by atoms with E-state index < -0.39 is 28.5 Å². The van der Waals surface area contributed by atoms with Crippen molar-refractivity contribution in [1.82, 2.24) is 10.2 Å². The zero-order valence-corrected chi connectivity index (χ0v) is 28.7. The molecule has 0 bridgehead atoms. The highest BCUT2D eigenvalue weighted by molar-refractivity contribution is 9.10. The predicted octanol–water partition coefficient (Wildman–Crippen LogP) is 6.46. The Hall–Kier alpha value is -4.15. The second kappa shape index (κ2) is 16.4. The summed E-state index contributed by atoms with van der Waals surface area (Å²) in [6, 6.07) is 30.8. The first-order valence-electron chi connectivity index (χ1n) is 15.2. The van der Waals surface area contributed by atoms with E-state index in [1.54, 1.807) is 42.5 Å². The van der Waals surface area contributed by atoms with E-state index in [-0.39, 0.29) is 35.4 Å². The van der Waals surface area contributed by atoms with Crippen LogP contribution in [0.25, 0.3) is 0 Å². The van der Waals surface area contributed by atoms with Gasteiger partial charge in [0.2, 0.25) is 11.8 Å². The summed E-state index contributed by atoms with van der Waals surface area (Å²) in [5.41, 5.74) is 1.88. The molecule has 1 atom stereocenters. The number of para-hydroxylation sites is 2. The molecule has 0 fully saturated rings. The van der Waals surface area contributed by atoms with Crippen LogP contribution in [0.1, 0.15) is 31.9 Å². The summed E-state index contributed by atoms with van der Waals surface area (Å²) in [5.74, 6) is -0.331. The van der Waals surface area contributed by atoms with Gasteiger partial charge in [-0.05, 0) is 60.4 Å². The van der Waals surface area contributed by atoms with Crippen LogP contribution in [0.15, 0.2) is 119 Å². The third kappa shape index (κ3) is 9.20. The molecule has 0 aromatic heterocycles. The largest absolute Gasteiger partial charge is 0.492 e. The van der Waals surface area contributed by atoms with Crippen molar-refractivity contribution in [3.63, 3.8) is 0 Å². The maximum absolute atomic E-state index is 14.6. The Morgan fingerprint density at radius 3 is 2.13 bits per heavy atom. The first kappa shape index (κ1) is 34.7. The Bertz CT molecular complexity index is 1700. The number of carbonyl (C=O) groups excluding carboxylic acids is 2. The predicted molar refractivity (Wildman–Crippen MR) is 185 cm³/mol. The van der Waals surface area contributed by atoms with Crippen molar-refractivity contribution in [2.75, 3.05) is 24.0 Å². The lowest BCUT2D eigenvalue weighted by molar-refractivity contribution is -0.140. The monoisotopic (exact) mass is 705 g/mol. The van der Waals surface area contributed by atoms with Crippen molar-refractivity contribution in [2.45, 2.75) is 44.7 Å². The van der Waals surface area contributed by atoms with Crippen LogP contribution in [0.2, 0.25) is 0 Å². The molecule has 0 aliphatic carbocycles. The average Bonchev–Trinajstić information content (AvgIpc) is 3.05. The van der Waals surface area contributed by atoms with Crippen LogP contribution in [0, 0.1) is 5.92 Å². The first-order chi connectivity index (χ1) is 22.1. The Labute approximate surface area is 280 Å². The summed E-state index contributed by atoms with van der Waals surface area (Å²) in [4.78, 5) is 30.0. The minimum absolute atomic E-state index is 0.0307. The van der Waals surface area contributed by atoms with Crippen LogP contribution in [-0.2, 0) is 32.6 Å². The lowest BCUT2D eigenvalue weighted by atomic mass is 10.0. The van der Waals surface area contributed by atoms with Crippen molar-refractivity contribution < 1.29 is 22.7 Å². The molecular weight excluding hydrogens is 666 g/mol. The zero-order chi connectivity index (χ0) is 33.1. The zero-order valence-electron chi connectivity index (χ0n) is 26.3. The fourth-order valence-electron chi connectivity index (χ4n) is 4.98. The number of carbonyl (C=O) groups is 2. The molecule has 4 aromatic rings. The number of anilines is 1. The Morgan fingerprint density at radius 2 is 1.48 bits per heavy atom. The molecule has 0 saturated heterocycles. The van der Waals surface area contributed by atoms with E-state index in [1.165, 1.54) is 17.0 Å². The average molecular weight is 707 g/mol. The molecule has 0 spiro atoms. The minimum Gasteiger partial charge on any atom is -0.492 e. The van der Waals surface area contributed by atoms with Gasteiger partial charge in [0.25, 0.3) is 10.0 Å². The van der Waals surface area contributed by atoms with Crippen LogP contribution in [-0.4, -0.2) is 50.9 Å². The van der Waals surface area contributed by atoms with E-state index >= 15 is 0 Å². The van der Waals surface area contributed by atoms with Gasteiger partial charge in [-0.3, -0.25) is 13.9 Å². The van der Waals surface area contributed by atoms with Gasteiger partial charge in [-0.15, -0.1) is 0 Å². The molecule has 0 aliphatic rings. The van der Waals surface area contributed by atoms with Gasteiger partial charge in [0.05, 0.1) is 17.2 Å². The molecule has 0 saturated carbocycles. The highest BCUT2D eigenvalue weighted by atomic mass is 79.9. The number of benzene rings is 4. The van der Waals surface area contributed by atoms with Crippen molar-refractivity contribution in [1.29, 1.82) is 0 Å². The summed E-state index contributed by atoms with van der Waals surface area (Å²) in [5, 5.41) is 3.01. The fraction of sp³-hybridized carbons (Fsp3) is 0.278. The summed E-state index contributed by atoms with van der Waals surface area (Å²) in [6.45, 7) is 6.06. The van der Waals surface area contributed by atoms with Crippen molar-refractivity contribution in [3.05, 3.63) is 125 Å². The standard InChI is InChI=1S/C36H40BrN3O5S/c1-4-45-34-21-12-11-20-32(34)40(46(43,44)31-18-9-6-10-19-31)26-35(41)39(25-29-16-13-17-30(37)22-29)33(36(42)38-24-27(2)3)23-28-14-7-5-8-15-28/h5-22,27,33H,4,23-26H2,1-3H3,(H,38,42)/t33-/m0/s1. The fourth-order valence-corrected chi connectivity index (χ4v) is 6.87. The van der Waals surface area contributed by atoms with Crippen LogP contribution in [0.3, 0.4) is 0 Å². The van der Waals surface area contributed by atoms with Gasteiger partial charge >= 0.3 is 0 Å². The number of sulfonamides is 1. The van der Waals surface area contributed by atoms with Gasteiger partial charge in [-0.25, -0.2) is 8.42 Å². The Balaban J connectivity index is 1.83. The highest BCUT2D eigenvalue weighted by Crippen LogP contribution is 2.33. The molecule has 10 heteroatoms. The second-order valence-electron chi connectivity index (χ2n) is 11.2. The van der Waals surface area contributed by atoms with Crippen LogP contribution < -0.4 is 14.4 Å². The highest BCUT2D eigenvalue weighted by Gasteiger charge is 2.35. The van der Waals surface area contributed by atoms with Crippen molar-refractivity contribution in [3.8, 4) is 5.75 Å². The topological polar surface area (TPSA) is 96.0 Å². The number of rotatable bonds is 15. The maximum atomic E-state index is 14.6. The molecule has 0 aliphatic heterocycles. The summed E-state index contributed by atoms with van der Waals surface area (Å²) in [6.07, 6.45) is 0.242. The molecular formula is C36H40BrN3O5S. The summed E-state index contributed by atoms with van der Waals surface area (Å²) < 4.78 is 36.2. The third-order valence-corrected chi connectivity index (χ3v) is 9.51. The van der Waals surface area contributed by atoms with E-state index in [4.69, 9.17) is 4.74 Å². The van der Waals surface area contributed by atoms with Crippen LogP contribution in [0.4, 0.5) is 5.69 Å². The lowest BCUT2D eigenvalue weighted by Crippen LogP contribution is -2.53. The number of amides is 2. The molecule has 0 unspecified atom stereocenters. The third-order valence-electron chi connectivity index (χ3n) is 7.24. The molecule has 2 amide bonds. The van der Waals surface area contributed by atoms with Gasteiger partial charge in [-0.2, -0.15) is 0 Å². The second-order valence-corrected chi connectivity index (χ2v) is 14.0. The minimum atomic E-state index is -4.23. The number of hydrogen-bond donors (Lipinski definition) is 1. The quantitative estimate of drug-likeness (QED) is 0.153. The molecule has 242 valence electrons. The van der Waals surface area contributed by atoms with E-state index in [1.807, 2.05) is 75.4 Å². The van der Waals surface area contributed by atoms with E-state index in [0.29, 0.717) is 18.9 Å². The van der Waals surface area contributed by atoms with Gasteiger partial charge in [0, 0.05) is 24.0 Å². The van der Waals surface area contributed by atoms with Gasteiger partial charge in [0.15, 0.2) is 0 Å².